The molecule has 0 aliphatic heterocycles. The van der Waals surface area contributed by atoms with E-state index in [1.807, 2.05) is 42.6 Å². The summed E-state index contributed by atoms with van der Waals surface area (Å²) >= 11 is 0. The Kier molecular flexibility index (Phi) is 7.24. The standard InChI is InChI=1S/C11H9N.C6H6O/c1-2-6-10(7-3-1)11-8-4-5-9-12-11;1-3-5-7-6-4-2/h1-9H;1-2H,5-6H2. The Morgan fingerprint density at radius 1 is 0.895 bits per heavy atom. The molecule has 0 fully saturated rings. The van der Waals surface area contributed by atoms with Gasteiger partial charge >= 0.3 is 0 Å². The number of hydrogen-bond acceptors (Lipinski definition) is 2. The maximum atomic E-state index is 4.83. The second kappa shape index (κ2) is 9.48. The summed E-state index contributed by atoms with van der Waals surface area (Å²) in [5.41, 5.74) is 2.19. The largest absolute Gasteiger partial charge is 0.356 e. The molecule has 2 nitrogen and oxygen atoms in total. The van der Waals surface area contributed by atoms with Crippen LogP contribution < -0.4 is 0 Å². The molecule has 0 amide bonds. The molecule has 0 radical (unpaired) electrons. The summed E-state index contributed by atoms with van der Waals surface area (Å²) in [6, 6.07) is 16.1. The number of terminal acetylenes is 2. The third-order valence-electron chi connectivity index (χ3n) is 2.11. The van der Waals surface area contributed by atoms with Gasteiger partial charge in [0.05, 0.1) is 5.69 Å². The topological polar surface area (TPSA) is 22.1 Å². The minimum absolute atomic E-state index is 0.310. The van der Waals surface area contributed by atoms with Crippen LogP contribution in [0.25, 0.3) is 11.3 Å². The van der Waals surface area contributed by atoms with Crippen LogP contribution in [0.5, 0.6) is 0 Å². The van der Waals surface area contributed by atoms with Crippen LogP contribution in [0.15, 0.2) is 54.7 Å². The summed E-state index contributed by atoms with van der Waals surface area (Å²) in [6.45, 7) is 0.619. The second-order valence-corrected chi connectivity index (χ2v) is 3.48. The summed E-state index contributed by atoms with van der Waals surface area (Å²) in [4.78, 5) is 4.25. The lowest BCUT2D eigenvalue weighted by Gasteiger charge is -1.97. The van der Waals surface area contributed by atoms with Crippen LogP contribution in [0.2, 0.25) is 0 Å². The first-order valence-corrected chi connectivity index (χ1v) is 5.79. The summed E-state index contributed by atoms with van der Waals surface area (Å²) in [7, 11) is 0. The third kappa shape index (κ3) is 6.07. The average molecular weight is 249 g/mol. The fourth-order valence-corrected chi connectivity index (χ4v) is 1.31. The second-order valence-electron chi connectivity index (χ2n) is 3.48. The number of pyridine rings is 1. The Balaban J connectivity index is 0.000000224. The van der Waals surface area contributed by atoms with Gasteiger partial charge in [0.25, 0.3) is 0 Å². The molecular weight excluding hydrogens is 234 g/mol. The lowest BCUT2D eigenvalue weighted by atomic mass is 10.1. The first kappa shape index (κ1) is 14.5. The number of aromatic nitrogens is 1. The lowest BCUT2D eigenvalue weighted by Crippen LogP contribution is -1.89. The molecule has 2 aromatic rings. The van der Waals surface area contributed by atoms with Crippen LogP contribution in [0.1, 0.15) is 0 Å². The van der Waals surface area contributed by atoms with Crippen molar-refractivity contribution in [2.45, 2.75) is 0 Å². The fourth-order valence-electron chi connectivity index (χ4n) is 1.31. The number of hydrogen-bond donors (Lipinski definition) is 0. The molecule has 2 heteroatoms. The van der Waals surface area contributed by atoms with E-state index in [2.05, 4.69) is 33.7 Å². The molecule has 2 rings (SSSR count). The van der Waals surface area contributed by atoms with Gasteiger partial charge < -0.3 is 4.74 Å². The number of ether oxygens (including phenoxy) is 1. The van der Waals surface area contributed by atoms with Crippen LogP contribution in [0.4, 0.5) is 0 Å². The van der Waals surface area contributed by atoms with Gasteiger partial charge in [0.1, 0.15) is 13.2 Å². The van der Waals surface area contributed by atoms with Crippen molar-refractivity contribution in [3.05, 3.63) is 54.7 Å². The van der Waals surface area contributed by atoms with Gasteiger partial charge in [-0.25, -0.2) is 0 Å². The van der Waals surface area contributed by atoms with Gasteiger partial charge in [0.2, 0.25) is 0 Å². The highest BCUT2D eigenvalue weighted by Crippen LogP contribution is 2.14. The van der Waals surface area contributed by atoms with E-state index in [1.165, 1.54) is 0 Å². The van der Waals surface area contributed by atoms with Crippen molar-refractivity contribution in [2.75, 3.05) is 13.2 Å². The first-order chi connectivity index (χ1) is 9.38. The minimum Gasteiger partial charge on any atom is -0.356 e. The molecule has 94 valence electrons. The zero-order chi connectivity index (χ0) is 13.8. The molecule has 0 aliphatic rings. The quantitative estimate of drug-likeness (QED) is 0.616. The van der Waals surface area contributed by atoms with Gasteiger partial charge in [-0.1, -0.05) is 48.2 Å². The molecule has 0 aliphatic carbocycles. The molecule has 0 atom stereocenters. The lowest BCUT2D eigenvalue weighted by molar-refractivity contribution is 0.205. The highest BCUT2D eigenvalue weighted by Gasteiger charge is 1.93. The molecule has 0 N–H and O–H groups in total. The Morgan fingerprint density at radius 2 is 1.53 bits per heavy atom. The molecule has 0 unspecified atom stereocenters. The molecule has 1 heterocycles. The molecule has 1 aromatic carbocycles. The zero-order valence-corrected chi connectivity index (χ0v) is 10.6. The van der Waals surface area contributed by atoms with Gasteiger partial charge in [-0.3, -0.25) is 4.98 Å². The van der Waals surface area contributed by atoms with Crippen LogP contribution in [0.3, 0.4) is 0 Å². The van der Waals surface area contributed by atoms with E-state index < -0.39 is 0 Å². The van der Waals surface area contributed by atoms with Crippen LogP contribution in [-0.2, 0) is 4.74 Å². The zero-order valence-electron chi connectivity index (χ0n) is 10.6. The molecule has 0 saturated carbocycles. The van der Waals surface area contributed by atoms with E-state index in [4.69, 9.17) is 12.8 Å². The van der Waals surface area contributed by atoms with Crippen molar-refractivity contribution in [2.24, 2.45) is 0 Å². The maximum absolute atomic E-state index is 4.83. The highest BCUT2D eigenvalue weighted by atomic mass is 16.5. The van der Waals surface area contributed by atoms with E-state index >= 15 is 0 Å². The number of benzene rings is 1. The maximum Gasteiger partial charge on any atom is 0.108 e. The Bertz CT molecular complexity index is 483. The van der Waals surface area contributed by atoms with Crippen LogP contribution in [0, 0.1) is 24.7 Å². The van der Waals surface area contributed by atoms with Gasteiger partial charge in [0, 0.05) is 11.8 Å². The van der Waals surface area contributed by atoms with E-state index in [0.29, 0.717) is 13.2 Å². The predicted octanol–water partition coefficient (Wildman–Crippen LogP) is 3.02. The van der Waals surface area contributed by atoms with E-state index in [-0.39, 0.29) is 0 Å². The Morgan fingerprint density at radius 3 is 2.05 bits per heavy atom. The minimum atomic E-state index is 0.310. The molecule has 19 heavy (non-hydrogen) atoms. The van der Waals surface area contributed by atoms with Gasteiger partial charge in [-0.15, -0.1) is 12.8 Å². The first-order valence-electron chi connectivity index (χ1n) is 5.79. The van der Waals surface area contributed by atoms with Crippen molar-refractivity contribution in [3.8, 4) is 35.9 Å². The predicted molar refractivity (Wildman–Crippen MR) is 78.2 cm³/mol. The molecule has 0 saturated heterocycles. The fraction of sp³-hybridized carbons (Fsp3) is 0.118. The van der Waals surface area contributed by atoms with Crippen LogP contribution >= 0.6 is 0 Å². The molecule has 0 bridgehead atoms. The molecule has 0 spiro atoms. The van der Waals surface area contributed by atoms with Crippen molar-refractivity contribution < 1.29 is 4.74 Å². The average Bonchev–Trinajstić information content (AvgIpc) is 2.50. The Labute approximate surface area is 114 Å². The summed E-state index contributed by atoms with van der Waals surface area (Å²) < 4.78 is 4.66. The van der Waals surface area contributed by atoms with Crippen molar-refractivity contribution in [1.29, 1.82) is 0 Å². The molecular formula is C17H15NO. The van der Waals surface area contributed by atoms with Crippen molar-refractivity contribution in [3.63, 3.8) is 0 Å². The van der Waals surface area contributed by atoms with Gasteiger partial charge in [0.15, 0.2) is 0 Å². The highest BCUT2D eigenvalue weighted by molar-refractivity contribution is 5.58. The smallest absolute Gasteiger partial charge is 0.108 e. The summed E-state index contributed by atoms with van der Waals surface area (Å²) in [6.07, 6.45) is 11.5. The normalized spacial score (nSPS) is 8.53. The van der Waals surface area contributed by atoms with E-state index in [0.717, 1.165) is 11.3 Å². The number of nitrogens with zero attached hydrogens (tertiary/aromatic N) is 1. The van der Waals surface area contributed by atoms with E-state index in [9.17, 15) is 0 Å². The van der Waals surface area contributed by atoms with Gasteiger partial charge in [-0.2, -0.15) is 0 Å². The monoisotopic (exact) mass is 249 g/mol. The van der Waals surface area contributed by atoms with Gasteiger partial charge in [-0.05, 0) is 12.1 Å². The van der Waals surface area contributed by atoms with E-state index in [1.54, 1.807) is 0 Å². The third-order valence-corrected chi connectivity index (χ3v) is 2.11. The molecule has 1 aromatic heterocycles. The van der Waals surface area contributed by atoms with Crippen molar-refractivity contribution in [1.82, 2.24) is 4.98 Å². The van der Waals surface area contributed by atoms with Crippen molar-refractivity contribution >= 4 is 0 Å². The SMILES string of the molecule is C#CCOCC#C.c1ccc(-c2ccccn2)cc1. The van der Waals surface area contributed by atoms with Crippen LogP contribution in [-0.4, -0.2) is 18.2 Å². The summed E-state index contributed by atoms with van der Waals surface area (Å²) in [5.74, 6) is 4.57. The number of rotatable bonds is 3. The Hall–Kier alpha value is -2.55. The summed E-state index contributed by atoms with van der Waals surface area (Å²) in [5, 5.41) is 0.